The Morgan fingerprint density at radius 1 is 1.05 bits per heavy atom. The lowest BCUT2D eigenvalue weighted by Crippen LogP contribution is -2.01. The molecular weight excluding hydrogens is 292 g/mol. The normalized spacial score (nSPS) is 10.3. The average molecular weight is 309 g/mol. The van der Waals surface area contributed by atoms with E-state index in [0.29, 0.717) is 34.4 Å². The Balaban J connectivity index is 2.28. The molecule has 4 nitrogen and oxygen atoms in total. The molecule has 2 aromatic rings. The first-order valence-corrected chi connectivity index (χ1v) is 6.79. The molecule has 0 heterocycles. The van der Waals surface area contributed by atoms with E-state index in [1.54, 1.807) is 12.1 Å². The Bertz CT molecular complexity index is 588. The monoisotopic (exact) mass is 308 g/mol. The molecule has 0 spiro atoms. The summed E-state index contributed by atoms with van der Waals surface area (Å²) in [6, 6.07) is 10.9. The zero-order valence-electron chi connectivity index (χ0n) is 11.9. The molecule has 0 atom stereocenters. The first-order valence-electron chi connectivity index (χ1n) is 6.41. The fraction of sp³-hybridized carbons (Fsp3) is 0.250. The van der Waals surface area contributed by atoms with Gasteiger partial charge >= 0.3 is 0 Å². The van der Waals surface area contributed by atoms with Gasteiger partial charge in [-0.2, -0.15) is 0 Å². The van der Waals surface area contributed by atoms with Crippen molar-refractivity contribution in [3.05, 3.63) is 52.5 Å². The molecule has 21 heavy (non-hydrogen) atoms. The van der Waals surface area contributed by atoms with Gasteiger partial charge in [0, 0.05) is 10.6 Å². The highest BCUT2D eigenvalue weighted by Gasteiger charge is 2.14. The Morgan fingerprint density at radius 3 is 2.19 bits per heavy atom. The number of hydrogen-bond acceptors (Lipinski definition) is 4. The summed E-state index contributed by atoms with van der Waals surface area (Å²) in [5, 5.41) is 9.88. The number of halogens is 1. The van der Waals surface area contributed by atoms with Crippen molar-refractivity contribution >= 4 is 11.6 Å². The van der Waals surface area contributed by atoms with Crippen LogP contribution in [0.5, 0.6) is 17.2 Å². The van der Waals surface area contributed by atoms with Crippen molar-refractivity contribution in [2.24, 2.45) is 0 Å². The van der Waals surface area contributed by atoms with Crippen LogP contribution in [0.2, 0.25) is 5.02 Å². The number of rotatable bonds is 6. The van der Waals surface area contributed by atoms with Crippen LogP contribution >= 0.6 is 11.6 Å². The number of aliphatic hydroxyl groups excluding tert-OH is 1. The van der Waals surface area contributed by atoms with E-state index in [-0.39, 0.29) is 6.61 Å². The summed E-state index contributed by atoms with van der Waals surface area (Å²) in [7, 11) is 3.08. The van der Waals surface area contributed by atoms with Crippen LogP contribution in [0.25, 0.3) is 0 Å². The highest BCUT2D eigenvalue weighted by Crippen LogP contribution is 2.39. The Hall–Kier alpha value is -1.91. The van der Waals surface area contributed by atoms with Crippen LogP contribution in [-0.4, -0.2) is 19.3 Å². The third-order valence-electron chi connectivity index (χ3n) is 3.03. The van der Waals surface area contributed by atoms with Crippen molar-refractivity contribution in [2.75, 3.05) is 14.2 Å². The zero-order valence-corrected chi connectivity index (χ0v) is 12.7. The fourth-order valence-electron chi connectivity index (χ4n) is 1.93. The van der Waals surface area contributed by atoms with Gasteiger partial charge in [0.1, 0.15) is 6.61 Å². The van der Waals surface area contributed by atoms with E-state index in [4.69, 9.17) is 25.8 Å². The lowest BCUT2D eigenvalue weighted by molar-refractivity contribution is 0.260. The van der Waals surface area contributed by atoms with Crippen molar-refractivity contribution in [3.8, 4) is 17.2 Å². The second-order valence-electron chi connectivity index (χ2n) is 4.37. The second kappa shape index (κ2) is 7.20. The molecule has 0 saturated heterocycles. The maximum Gasteiger partial charge on any atom is 0.203 e. The van der Waals surface area contributed by atoms with Gasteiger partial charge in [-0.15, -0.1) is 0 Å². The van der Waals surface area contributed by atoms with Crippen LogP contribution in [0.4, 0.5) is 0 Å². The van der Waals surface area contributed by atoms with Crippen molar-refractivity contribution in [2.45, 2.75) is 13.2 Å². The first kappa shape index (κ1) is 15.5. The van der Waals surface area contributed by atoms with Gasteiger partial charge in [0.2, 0.25) is 5.75 Å². The number of hydrogen-bond donors (Lipinski definition) is 1. The molecule has 5 heteroatoms. The molecule has 0 unspecified atom stereocenters. The van der Waals surface area contributed by atoms with Gasteiger partial charge < -0.3 is 19.3 Å². The molecule has 0 aromatic heterocycles. The molecule has 0 aliphatic rings. The number of aliphatic hydroxyl groups is 1. The van der Waals surface area contributed by atoms with Crippen molar-refractivity contribution in [1.82, 2.24) is 0 Å². The van der Waals surface area contributed by atoms with E-state index in [2.05, 4.69) is 0 Å². The quantitative estimate of drug-likeness (QED) is 0.888. The molecule has 0 fully saturated rings. The van der Waals surface area contributed by atoms with Crippen LogP contribution in [0.1, 0.15) is 11.1 Å². The minimum Gasteiger partial charge on any atom is -0.493 e. The van der Waals surface area contributed by atoms with Gasteiger partial charge in [-0.05, 0) is 23.8 Å². The Kier molecular flexibility index (Phi) is 5.31. The van der Waals surface area contributed by atoms with Crippen molar-refractivity contribution in [3.63, 3.8) is 0 Å². The molecule has 112 valence electrons. The van der Waals surface area contributed by atoms with E-state index in [0.717, 1.165) is 5.56 Å². The summed E-state index contributed by atoms with van der Waals surface area (Å²) < 4.78 is 16.4. The third-order valence-corrected chi connectivity index (χ3v) is 3.40. The topological polar surface area (TPSA) is 47.9 Å². The summed E-state index contributed by atoms with van der Waals surface area (Å²) in [5.41, 5.74) is 1.56. The second-order valence-corrected chi connectivity index (χ2v) is 4.77. The molecule has 0 aliphatic carbocycles. The fourth-order valence-corrected chi connectivity index (χ4v) is 2.12. The van der Waals surface area contributed by atoms with E-state index in [9.17, 15) is 5.11 Å². The van der Waals surface area contributed by atoms with Gasteiger partial charge in [0.05, 0.1) is 20.8 Å². The number of methoxy groups -OCH3 is 2. The molecular formula is C16H17ClO4. The molecule has 2 rings (SSSR count). The minimum absolute atomic E-state index is 0.0997. The summed E-state index contributed by atoms with van der Waals surface area (Å²) in [4.78, 5) is 0. The zero-order chi connectivity index (χ0) is 15.2. The van der Waals surface area contributed by atoms with Gasteiger partial charge in [0.15, 0.2) is 11.5 Å². The highest BCUT2D eigenvalue weighted by molar-refractivity contribution is 6.31. The highest BCUT2D eigenvalue weighted by atomic mass is 35.5. The first-order chi connectivity index (χ1) is 10.2. The molecule has 0 saturated carbocycles. The van der Waals surface area contributed by atoms with E-state index in [1.807, 2.05) is 24.3 Å². The molecule has 0 amide bonds. The van der Waals surface area contributed by atoms with Gasteiger partial charge in [-0.3, -0.25) is 0 Å². The van der Waals surface area contributed by atoms with Crippen LogP contribution in [0.15, 0.2) is 36.4 Å². The van der Waals surface area contributed by atoms with Crippen LogP contribution in [0.3, 0.4) is 0 Å². The Morgan fingerprint density at radius 2 is 1.67 bits per heavy atom. The summed E-state index contributed by atoms with van der Waals surface area (Å²) in [6.07, 6.45) is 0. The predicted molar refractivity (Wildman–Crippen MR) is 81.3 cm³/mol. The standard InChI is InChI=1S/C16H17ClO4/c1-19-14-7-11(9-18)8-15(20-2)16(14)21-10-12-5-3-4-6-13(12)17/h3-8,18H,9-10H2,1-2H3. The van der Waals surface area contributed by atoms with E-state index < -0.39 is 0 Å². The van der Waals surface area contributed by atoms with Crippen molar-refractivity contribution in [1.29, 1.82) is 0 Å². The molecule has 2 aromatic carbocycles. The summed E-state index contributed by atoms with van der Waals surface area (Å²) >= 11 is 6.11. The molecule has 1 N–H and O–H groups in total. The van der Waals surface area contributed by atoms with E-state index >= 15 is 0 Å². The van der Waals surface area contributed by atoms with Gasteiger partial charge in [0.25, 0.3) is 0 Å². The van der Waals surface area contributed by atoms with E-state index in [1.165, 1.54) is 14.2 Å². The average Bonchev–Trinajstić information content (AvgIpc) is 2.53. The molecule has 0 bridgehead atoms. The SMILES string of the molecule is COc1cc(CO)cc(OC)c1OCc1ccccc1Cl. The van der Waals surface area contributed by atoms with Gasteiger partial charge in [-0.1, -0.05) is 29.8 Å². The number of ether oxygens (including phenoxy) is 3. The maximum absolute atomic E-state index is 9.24. The third kappa shape index (κ3) is 3.60. The largest absolute Gasteiger partial charge is 0.493 e. The van der Waals surface area contributed by atoms with Crippen LogP contribution in [0, 0.1) is 0 Å². The van der Waals surface area contributed by atoms with Crippen LogP contribution < -0.4 is 14.2 Å². The van der Waals surface area contributed by atoms with Gasteiger partial charge in [-0.25, -0.2) is 0 Å². The van der Waals surface area contributed by atoms with Crippen LogP contribution in [-0.2, 0) is 13.2 Å². The molecule has 0 radical (unpaired) electrons. The maximum atomic E-state index is 9.24. The Labute approximate surface area is 128 Å². The van der Waals surface area contributed by atoms with Crippen molar-refractivity contribution < 1.29 is 19.3 Å². The smallest absolute Gasteiger partial charge is 0.203 e. The lowest BCUT2D eigenvalue weighted by atomic mass is 10.2. The number of benzene rings is 2. The predicted octanol–water partition coefficient (Wildman–Crippen LogP) is 3.43. The minimum atomic E-state index is -0.0997. The molecule has 0 aliphatic heterocycles. The lowest BCUT2D eigenvalue weighted by Gasteiger charge is -2.16. The summed E-state index contributed by atoms with van der Waals surface area (Å²) in [5.74, 6) is 1.49. The summed E-state index contributed by atoms with van der Waals surface area (Å²) in [6.45, 7) is 0.197.